The first-order valence-electron chi connectivity index (χ1n) is 7.95. The Balaban J connectivity index is 2.32. The first-order valence-corrected chi connectivity index (χ1v) is 8.70. The third kappa shape index (κ3) is 4.99. The van der Waals surface area contributed by atoms with E-state index in [9.17, 15) is 14.4 Å². The van der Waals surface area contributed by atoms with E-state index in [0.29, 0.717) is 27.0 Å². The van der Waals surface area contributed by atoms with Gasteiger partial charge in [-0.3, -0.25) is 14.4 Å². The van der Waals surface area contributed by atoms with Crippen molar-refractivity contribution in [2.45, 2.75) is 20.3 Å². The second kappa shape index (κ2) is 8.41. The van der Waals surface area contributed by atoms with Gasteiger partial charge in [-0.15, -0.1) is 0 Å². The fourth-order valence-corrected chi connectivity index (χ4v) is 2.96. The summed E-state index contributed by atoms with van der Waals surface area (Å²) in [5, 5.41) is 5.25. The number of primary amides is 2. The maximum Gasteiger partial charge on any atom is 0.237 e. The van der Waals surface area contributed by atoms with Crippen LogP contribution in [0.4, 0.5) is 0 Å². The van der Waals surface area contributed by atoms with Crippen molar-refractivity contribution < 1.29 is 14.4 Å². The number of aromatic nitrogens is 2. The van der Waals surface area contributed by atoms with Gasteiger partial charge in [0.05, 0.1) is 40.9 Å². The second-order valence-electron chi connectivity index (χ2n) is 6.02. The van der Waals surface area contributed by atoms with Crippen LogP contribution in [0.15, 0.2) is 18.2 Å². The summed E-state index contributed by atoms with van der Waals surface area (Å²) in [6.07, 6.45) is -0.0560. The van der Waals surface area contributed by atoms with E-state index in [1.54, 1.807) is 36.7 Å². The van der Waals surface area contributed by atoms with E-state index >= 15 is 0 Å². The van der Waals surface area contributed by atoms with Crippen molar-refractivity contribution in [2.24, 2.45) is 11.5 Å². The maximum absolute atomic E-state index is 12.6. The molecule has 0 aliphatic heterocycles. The van der Waals surface area contributed by atoms with Gasteiger partial charge in [0.15, 0.2) is 0 Å². The molecule has 0 atom stereocenters. The van der Waals surface area contributed by atoms with Crippen molar-refractivity contribution in [1.29, 1.82) is 0 Å². The van der Waals surface area contributed by atoms with Crippen molar-refractivity contribution in [2.75, 3.05) is 13.1 Å². The zero-order chi connectivity index (χ0) is 20.3. The van der Waals surface area contributed by atoms with Gasteiger partial charge in [-0.2, -0.15) is 5.10 Å². The lowest BCUT2D eigenvalue weighted by Gasteiger charge is -2.19. The predicted molar refractivity (Wildman–Crippen MR) is 102 cm³/mol. The number of nitrogens with two attached hydrogens (primary N) is 2. The van der Waals surface area contributed by atoms with Crippen LogP contribution in [-0.4, -0.2) is 45.5 Å². The number of nitrogens with zero attached hydrogens (tertiary/aromatic N) is 3. The fourth-order valence-electron chi connectivity index (χ4n) is 2.67. The minimum Gasteiger partial charge on any atom is -0.368 e. The molecule has 0 radical (unpaired) electrons. The van der Waals surface area contributed by atoms with E-state index in [0.717, 1.165) is 10.6 Å². The molecule has 0 aliphatic rings. The summed E-state index contributed by atoms with van der Waals surface area (Å²) in [6, 6.07) is 5.08. The number of carbonyl (C=O) groups excluding carboxylic acids is 3. The van der Waals surface area contributed by atoms with Crippen LogP contribution in [0.3, 0.4) is 0 Å². The summed E-state index contributed by atoms with van der Waals surface area (Å²) in [4.78, 5) is 35.9. The number of benzene rings is 1. The molecule has 2 aromatic rings. The Labute approximate surface area is 166 Å². The molecule has 1 aromatic heterocycles. The lowest BCUT2D eigenvalue weighted by molar-refractivity contribution is -0.137. The Bertz CT molecular complexity index is 894. The van der Waals surface area contributed by atoms with Crippen LogP contribution in [-0.2, 0) is 20.8 Å². The quantitative estimate of drug-likeness (QED) is 0.708. The molecule has 4 N–H and O–H groups in total. The van der Waals surface area contributed by atoms with E-state index in [4.69, 9.17) is 34.7 Å². The molecule has 8 nitrogen and oxygen atoms in total. The van der Waals surface area contributed by atoms with E-state index < -0.39 is 17.7 Å². The summed E-state index contributed by atoms with van der Waals surface area (Å²) in [5.41, 5.74) is 13.0. The molecule has 2 rings (SSSR count). The van der Waals surface area contributed by atoms with E-state index in [2.05, 4.69) is 5.10 Å². The zero-order valence-electron chi connectivity index (χ0n) is 14.8. The number of halogens is 2. The Morgan fingerprint density at radius 2 is 1.67 bits per heavy atom. The molecule has 0 aliphatic carbocycles. The minimum absolute atomic E-state index is 0.0560. The molecule has 0 spiro atoms. The average molecular weight is 412 g/mol. The number of rotatable bonds is 7. The van der Waals surface area contributed by atoms with Crippen molar-refractivity contribution in [1.82, 2.24) is 14.7 Å². The van der Waals surface area contributed by atoms with Gasteiger partial charge < -0.3 is 16.4 Å². The Hall–Kier alpha value is -2.58. The summed E-state index contributed by atoms with van der Waals surface area (Å²) >= 11 is 12.0. The monoisotopic (exact) mass is 411 g/mol. The van der Waals surface area contributed by atoms with Gasteiger partial charge in [0, 0.05) is 11.3 Å². The molecule has 0 saturated heterocycles. The third-order valence-electron chi connectivity index (χ3n) is 3.96. The molecule has 3 amide bonds. The highest BCUT2D eigenvalue weighted by Crippen LogP contribution is 2.26. The van der Waals surface area contributed by atoms with Gasteiger partial charge in [0.2, 0.25) is 17.7 Å². The van der Waals surface area contributed by atoms with Crippen LogP contribution in [0, 0.1) is 13.8 Å². The van der Waals surface area contributed by atoms with Gasteiger partial charge in [-0.05, 0) is 32.0 Å². The minimum atomic E-state index is -0.732. The van der Waals surface area contributed by atoms with E-state index in [1.807, 2.05) is 0 Å². The summed E-state index contributed by atoms with van der Waals surface area (Å²) < 4.78 is 1.65. The topological polar surface area (TPSA) is 124 Å². The van der Waals surface area contributed by atoms with Gasteiger partial charge in [0.25, 0.3) is 0 Å². The van der Waals surface area contributed by atoms with Crippen molar-refractivity contribution in [3.63, 3.8) is 0 Å². The summed E-state index contributed by atoms with van der Waals surface area (Å²) in [6.45, 7) is 2.79. The number of amides is 3. The lowest BCUT2D eigenvalue weighted by Crippen LogP contribution is -2.44. The fraction of sp³-hybridized carbons (Fsp3) is 0.294. The number of carbonyl (C=O) groups is 3. The van der Waals surface area contributed by atoms with Crippen molar-refractivity contribution >= 4 is 40.9 Å². The Kier molecular flexibility index (Phi) is 6.45. The molecule has 27 heavy (non-hydrogen) atoms. The number of aryl methyl sites for hydroxylation is 1. The summed E-state index contributed by atoms with van der Waals surface area (Å²) in [7, 11) is 0. The molecule has 1 heterocycles. The molecule has 144 valence electrons. The highest BCUT2D eigenvalue weighted by Gasteiger charge is 2.22. The zero-order valence-corrected chi connectivity index (χ0v) is 16.3. The van der Waals surface area contributed by atoms with Crippen LogP contribution < -0.4 is 11.5 Å². The molecule has 0 fully saturated rings. The molecule has 0 saturated carbocycles. The molecule has 0 unspecified atom stereocenters. The van der Waals surface area contributed by atoms with Crippen LogP contribution in [0.1, 0.15) is 17.0 Å². The van der Waals surface area contributed by atoms with Crippen LogP contribution >= 0.6 is 23.2 Å². The largest absolute Gasteiger partial charge is 0.368 e. The smallest absolute Gasteiger partial charge is 0.237 e. The van der Waals surface area contributed by atoms with Gasteiger partial charge in [-0.1, -0.05) is 23.2 Å². The maximum atomic E-state index is 12.6. The van der Waals surface area contributed by atoms with Crippen molar-refractivity contribution in [3.05, 3.63) is 45.2 Å². The Morgan fingerprint density at radius 1 is 1.07 bits per heavy atom. The number of hydrogen-bond donors (Lipinski definition) is 2. The SMILES string of the molecule is Cc1nn(-c2ccc(Cl)c(Cl)c2)c(C)c1CC(=O)N(CC(N)=O)CC(N)=O. The van der Waals surface area contributed by atoms with Gasteiger partial charge >= 0.3 is 0 Å². The summed E-state index contributed by atoms with van der Waals surface area (Å²) in [5.74, 6) is -1.92. The van der Waals surface area contributed by atoms with Crippen LogP contribution in [0.2, 0.25) is 10.0 Å². The van der Waals surface area contributed by atoms with Crippen LogP contribution in [0.5, 0.6) is 0 Å². The number of hydrogen-bond acceptors (Lipinski definition) is 4. The predicted octanol–water partition coefficient (Wildman–Crippen LogP) is 1.14. The standard InChI is InChI=1S/C17H19Cl2N5O3/c1-9-12(6-17(27)23(7-15(20)25)8-16(21)26)10(2)24(22-9)11-3-4-13(18)14(19)5-11/h3-5H,6-8H2,1-2H3,(H2,20,25)(H2,21,26). The van der Waals surface area contributed by atoms with E-state index in [1.165, 1.54) is 0 Å². The average Bonchev–Trinajstić information content (AvgIpc) is 2.84. The highest BCUT2D eigenvalue weighted by atomic mass is 35.5. The third-order valence-corrected chi connectivity index (χ3v) is 4.70. The molecule has 10 heteroatoms. The van der Waals surface area contributed by atoms with Crippen molar-refractivity contribution in [3.8, 4) is 5.69 Å². The first kappa shape index (κ1) is 20.7. The van der Waals surface area contributed by atoms with Gasteiger partial charge in [-0.25, -0.2) is 4.68 Å². The van der Waals surface area contributed by atoms with E-state index in [-0.39, 0.29) is 19.5 Å². The molecule has 1 aromatic carbocycles. The highest BCUT2D eigenvalue weighted by molar-refractivity contribution is 6.42. The van der Waals surface area contributed by atoms with Gasteiger partial charge in [0.1, 0.15) is 0 Å². The molecular formula is C17H19Cl2N5O3. The molecule has 0 bridgehead atoms. The Morgan fingerprint density at radius 3 is 2.19 bits per heavy atom. The molecular weight excluding hydrogens is 393 g/mol. The first-order chi connectivity index (χ1) is 12.6. The second-order valence-corrected chi connectivity index (χ2v) is 6.83. The normalized spacial score (nSPS) is 10.7. The van der Waals surface area contributed by atoms with Crippen LogP contribution in [0.25, 0.3) is 5.69 Å². The lowest BCUT2D eigenvalue weighted by atomic mass is 10.1.